The molecule has 0 spiro atoms. The summed E-state index contributed by atoms with van der Waals surface area (Å²) in [6.07, 6.45) is 0. The van der Waals surface area contributed by atoms with Crippen LogP contribution in [-0.4, -0.2) is 38.8 Å². The maximum Gasteiger partial charge on any atom is 0.338 e. The summed E-state index contributed by atoms with van der Waals surface area (Å²) in [5.74, 6) is 1.00. The number of carbonyl (C=O) groups is 1. The smallest absolute Gasteiger partial charge is 0.338 e. The van der Waals surface area contributed by atoms with Crippen LogP contribution in [0.4, 0.5) is 0 Å². The number of ether oxygens (including phenoxy) is 2. The third kappa shape index (κ3) is 7.66. The van der Waals surface area contributed by atoms with E-state index in [1.807, 2.05) is 12.1 Å². The van der Waals surface area contributed by atoms with Crippen molar-refractivity contribution < 1.29 is 31.6 Å². The number of esters is 1. The summed E-state index contributed by atoms with van der Waals surface area (Å²) in [6.45, 7) is 12.6. The molecule has 0 atom stereocenters. The van der Waals surface area contributed by atoms with E-state index in [9.17, 15) is 4.79 Å². The topological polar surface area (TPSA) is 40.0 Å². The second kappa shape index (κ2) is 11.3. The molecule has 0 aliphatic rings. The minimum atomic E-state index is -0.267. The number of nitrogens with one attached hydrogen (secondary N) is 1. The Morgan fingerprint density at radius 2 is 1.73 bits per heavy atom. The van der Waals surface area contributed by atoms with Crippen LogP contribution in [0.3, 0.4) is 0 Å². The van der Waals surface area contributed by atoms with Gasteiger partial charge in [0.2, 0.25) is 0 Å². The van der Waals surface area contributed by atoms with E-state index in [-0.39, 0.29) is 18.4 Å². The lowest BCUT2D eigenvalue weighted by Gasteiger charge is -2.15. The van der Waals surface area contributed by atoms with Crippen molar-refractivity contribution in [3.05, 3.63) is 29.8 Å². The quantitative estimate of drug-likeness (QED) is 0.579. The summed E-state index contributed by atoms with van der Waals surface area (Å²) >= 11 is 0. The SMILES string of the molecule is CC[NH+](CC)CCOC(=O)c1ccc(OCC(C)C)cc1.[Cl-]. The Kier molecular flexibility index (Phi) is 10.7. The van der Waals surface area contributed by atoms with E-state index in [1.165, 1.54) is 4.90 Å². The van der Waals surface area contributed by atoms with Crippen molar-refractivity contribution in [1.82, 2.24) is 0 Å². The predicted octanol–water partition coefficient (Wildman–Crippen LogP) is -1.19. The van der Waals surface area contributed by atoms with Crippen LogP contribution in [0.15, 0.2) is 24.3 Å². The van der Waals surface area contributed by atoms with Gasteiger partial charge in [-0.15, -0.1) is 0 Å². The van der Waals surface area contributed by atoms with Gasteiger partial charge in [-0.1, -0.05) is 13.8 Å². The number of rotatable bonds is 9. The largest absolute Gasteiger partial charge is 1.00 e. The molecule has 4 nitrogen and oxygen atoms in total. The van der Waals surface area contributed by atoms with Gasteiger partial charge in [-0.3, -0.25) is 0 Å². The van der Waals surface area contributed by atoms with Gasteiger partial charge in [0.15, 0.2) is 0 Å². The molecule has 1 N–H and O–H groups in total. The molecular weight excluding hydrogens is 302 g/mol. The van der Waals surface area contributed by atoms with E-state index in [2.05, 4.69) is 27.7 Å². The van der Waals surface area contributed by atoms with Gasteiger partial charge >= 0.3 is 5.97 Å². The molecule has 0 saturated heterocycles. The number of quaternary nitrogens is 1. The molecule has 1 aromatic rings. The van der Waals surface area contributed by atoms with Crippen LogP contribution < -0.4 is 22.0 Å². The minimum Gasteiger partial charge on any atom is -1.00 e. The molecule has 1 rings (SSSR count). The standard InChI is InChI=1S/C17H27NO3.ClH/c1-5-18(6-2)11-12-20-17(19)15-7-9-16(10-8-15)21-13-14(3)4;/h7-10,14H,5-6,11-13H2,1-4H3;1H. The molecule has 22 heavy (non-hydrogen) atoms. The summed E-state index contributed by atoms with van der Waals surface area (Å²) in [5, 5.41) is 0. The first-order chi connectivity index (χ1) is 10.1. The fraction of sp³-hybridized carbons (Fsp3) is 0.588. The van der Waals surface area contributed by atoms with E-state index < -0.39 is 0 Å². The first-order valence-electron chi connectivity index (χ1n) is 7.80. The molecule has 1 aromatic carbocycles. The molecule has 0 aromatic heterocycles. The molecular formula is C17H28ClNO3. The average molecular weight is 330 g/mol. The van der Waals surface area contributed by atoms with Crippen LogP contribution in [-0.2, 0) is 4.74 Å². The number of halogens is 1. The zero-order chi connectivity index (χ0) is 15.7. The summed E-state index contributed by atoms with van der Waals surface area (Å²) < 4.78 is 10.9. The molecule has 0 fully saturated rings. The van der Waals surface area contributed by atoms with Crippen molar-refractivity contribution in [3.8, 4) is 5.75 Å². The second-order valence-electron chi connectivity index (χ2n) is 5.57. The van der Waals surface area contributed by atoms with Gasteiger partial charge < -0.3 is 26.8 Å². The van der Waals surface area contributed by atoms with Crippen LogP contribution in [0, 0.1) is 5.92 Å². The summed E-state index contributed by atoms with van der Waals surface area (Å²) in [5.41, 5.74) is 0.571. The third-order valence-electron chi connectivity index (χ3n) is 3.36. The monoisotopic (exact) mass is 329 g/mol. The van der Waals surface area contributed by atoms with Crippen molar-refractivity contribution in [1.29, 1.82) is 0 Å². The van der Waals surface area contributed by atoms with Gasteiger partial charge in [0.05, 0.1) is 25.3 Å². The zero-order valence-corrected chi connectivity index (χ0v) is 14.8. The molecule has 0 aliphatic heterocycles. The Morgan fingerprint density at radius 1 is 1.14 bits per heavy atom. The van der Waals surface area contributed by atoms with Crippen LogP contribution in [0.25, 0.3) is 0 Å². The summed E-state index contributed by atoms with van der Waals surface area (Å²) in [6, 6.07) is 7.13. The molecule has 0 heterocycles. The molecule has 126 valence electrons. The minimum absolute atomic E-state index is 0. The highest BCUT2D eigenvalue weighted by atomic mass is 35.5. The fourth-order valence-corrected chi connectivity index (χ4v) is 1.93. The Labute approximate surface area is 140 Å². The van der Waals surface area contributed by atoms with Crippen LogP contribution in [0.2, 0.25) is 0 Å². The van der Waals surface area contributed by atoms with Gasteiger partial charge in [0.1, 0.15) is 18.9 Å². The number of benzene rings is 1. The highest BCUT2D eigenvalue weighted by molar-refractivity contribution is 5.89. The second-order valence-corrected chi connectivity index (χ2v) is 5.57. The lowest BCUT2D eigenvalue weighted by atomic mass is 10.2. The van der Waals surface area contributed by atoms with Crippen LogP contribution >= 0.6 is 0 Å². The van der Waals surface area contributed by atoms with E-state index >= 15 is 0 Å². The number of hydrogen-bond acceptors (Lipinski definition) is 3. The van der Waals surface area contributed by atoms with Gasteiger partial charge in [-0.2, -0.15) is 0 Å². The Morgan fingerprint density at radius 3 is 2.23 bits per heavy atom. The Bertz CT molecular complexity index is 416. The van der Waals surface area contributed by atoms with E-state index in [0.717, 1.165) is 25.4 Å². The lowest BCUT2D eigenvalue weighted by molar-refractivity contribution is -0.896. The van der Waals surface area contributed by atoms with Crippen molar-refractivity contribution in [3.63, 3.8) is 0 Å². The molecule has 0 radical (unpaired) electrons. The van der Waals surface area contributed by atoms with Crippen LogP contribution in [0.5, 0.6) is 5.75 Å². The Balaban J connectivity index is 0.00000441. The van der Waals surface area contributed by atoms with Crippen molar-refractivity contribution in [2.24, 2.45) is 5.92 Å². The molecule has 5 heteroatoms. The number of carbonyl (C=O) groups excluding carboxylic acids is 1. The summed E-state index contributed by atoms with van der Waals surface area (Å²) in [4.78, 5) is 13.3. The van der Waals surface area contributed by atoms with E-state index in [1.54, 1.807) is 12.1 Å². The molecule has 0 saturated carbocycles. The van der Waals surface area contributed by atoms with Gasteiger partial charge in [-0.05, 0) is 44.0 Å². The Hall–Kier alpha value is -1.26. The fourth-order valence-electron chi connectivity index (χ4n) is 1.93. The summed E-state index contributed by atoms with van der Waals surface area (Å²) in [7, 11) is 0. The van der Waals surface area contributed by atoms with Gasteiger partial charge in [0, 0.05) is 0 Å². The van der Waals surface area contributed by atoms with Gasteiger partial charge in [-0.25, -0.2) is 4.79 Å². The predicted molar refractivity (Wildman–Crippen MR) is 84.0 cm³/mol. The molecule has 0 bridgehead atoms. The average Bonchev–Trinajstić information content (AvgIpc) is 2.50. The van der Waals surface area contributed by atoms with Crippen molar-refractivity contribution in [2.75, 3.05) is 32.8 Å². The number of hydrogen-bond donors (Lipinski definition) is 1. The molecule has 0 unspecified atom stereocenters. The first-order valence-corrected chi connectivity index (χ1v) is 7.80. The molecule has 0 aliphatic carbocycles. The third-order valence-corrected chi connectivity index (χ3v) is 3.36. The maximum atomic E-state index is 11.9. The van der Waals surface area contributed by atoms with Gasteiger partial charge in [0.25, 0.3) is 0 Å². The zero-order valence-electron chi connectivity index (χ0n) is 14.0. The van der Waals surface area contributed by atoms with E-state index in [4.69, 9.17) is 9.47 Å². The van der Waals surface area contributed by atoms with Crippen molar-refractivity contribution in [2.45, 2.75) is 27.7 Å². The lowest BCUT2D eigenvalue weighted by Crippen LogP contribution is -3.11. The van der Waals surface area contributed by atoms with Crippen molar-refractivity contribution >= 4 is 5.97 Å². The highest BCUT2D eigenvalue weighted by Gasteiger charge is 2.09. The maximum absolute atomic E-state index is 11.9. The first kappa shape index (κ1) is 20.7. The number of likely N-dealkylation sites (N-methyl/N-ethyl adjacent to an activating group) is 1. The normalized spacial score (nSPS) is 10.5. The van der Waals surface area contributed by atoms with Crippen LogP contribution in [0.1, 0.15) is 38.1 Å². The van der Waals surface area contributed by atoms with E-state index in [0.29, 0.717) is 24.7 Å². The highest BCUT2D eigenvalue weighted by Crippen LogP contribution is 2.13. The molecule has 0 amide bonds.